The van der Waals surface area contributed by atoms with Crippen LogP contribution in [-0.4, -0.2) is 18.0 Å². The molecule has 7 heteroatoms. The number of nitrogens with zero attached hydrogens (tertiary/aromatic N) is 1. The third-order valence-corrected chi connectivity index (χ3v) is 3.84. The van der Waals surface area contributed by atoms with E-state index >= 15 is 0 Å². The Kier molecular flexibility index (Phi) is 5.34. The second-order valence-electron chi connectivity index (χ2n) is 5.37. The SMILES string of the molecule is COc1ccc(Nc2cc(C(=O)Nc3ccc(F)cc3)ccn2)cc1Cl. The van der Waals surface area contributed by atoms with Crippen LogP contribution < -0.4 is 15.4 Å². The summed E-state index contributed by atoms with van der Waals surface area (Å²) in [4.78, 5) is 16.5. The molecule has 1 amide bonds. The second kappa shape index (κ2) is 7.84. The van der Waals surface area contributed by atoms with Gasteiger partial charge in [0.25, 0.3) is 5.91 Å². The van der Waals surface area contributed by atoms with Crippen LogP contribution in [0.25, 0.3) is 0 Å². The quantitative estimate of drug-likeness (QED) is 0.671. The predicted octanol–water partition coefficient (Wildman–Crippen LogP) is 4.88. The van der Waals surface area contributed by atoms with Gasteiger partial charge in [-0.15, -0.1) is 0 Å². The minimum atomic E-state index is -0.364. The lowest BCUT2D eigenvalue weighted by Gasteiger charge is -2.10. The molecule has 1 heterocycles. The van der Waals surface area contributed by atoms with Crippen LogP contribution in [0.4, 0.5) is 21.6 Å². The third-order valence-electron chi connectivity index (χ3n) is 3.55. The molecule has 26 heavy (non-hydrogen) atoms. The molecule has 2 aromatic carbocycles. The first-order valence-corrected chi connectivity index (χ1v) is 8.06. The summed E-state index contributed by atoms with van der Waals surface area (Å²) in [6.07, 6.45) is 1.52. The zero-order valence-corrected chi connectivity index (χ0v) is 14.5. The lowest BCUT2D eigenvalue weighted by atomic mass is 10.2. The number of aromatic nitrogens is 1. The summed E-state index contributed by atoms with van der Waals surface area (Å²) >= 11 is 6.10. The van der Waals surface area contributed by atoms with E-state index in [0.29, 0.717) is 33.5 Å². The van der Waals surface area contributed by atoms with Crippen LogP contribution in [0.5, 0.6) is 5.75 Å². The summed E-state index contributed by atoms with van der Waals surface area (Å²) in [6, 6.07) is 14.0. The van der Waals surface area contributed by atoms with Gasteiger partial charge in [-0.2, -0.15) is 0 Å². The molecule has 0 aliphatic rings. The van der Waals surface area contributed by atoms with Crippen LogP contribution in [0.1, 0.15) is 10.4 Å². The number of benzene rings is 2. The van der Waals surface area contributed by atoms with Gasteiger partial charge in [-0.1, -0.05) is 11.6 Å². The normalized spacial score (nSPS) is 10.3. The highest BCUT2D eigenvalue weighted by molar-refractivity contribution is 6.32. The molecule has 0 bridgehead atoms. The van der Waals surface area contributed by atoms with Crippen LogP contribution in [-0.2, 0) is 0 Å². The molecule has 2 N–H and O–H groups in total. The summed E-state index contributed by atoms with van der Waals surface area (Å²) in [5.74, 6) is 0.363. The molecule has 3 aromatic rings. The Bertz CT molecular complexity index is 932. The number of carbonyl (C=O) groups is 1. The van der Waals surface area contributed by atoms with Crippen molar-refractivity contribution in [3.63, 3.8) is 0 Å². The summed E-state index contributed by atoms with van der Waals surface area (Å²) in [5.41, 5.74) is 1.62. The number of methoxy groups -OCH3 is 1. The number of anilines is 3. The molecular weight excluding hydrogens is 357 g/mol. The van der Waals surface area contributed by atoms with Crippen LogP contribution in [0, 0.1) is 5.82 Å². The summed E-state index contributed by atoms with van der Waals surface area (Å²) in [7, 11) is 1.54. The van der Waals surface area contributed by atoms with Crippen molar-refractivity contribution in [1.29, 1.82) is 0 Å². The van der Waals surface area contributed by atoms with Gasteiger partial charge in [0.2, 0.25) is 0 Å². The van der Waals surface area contributed by atoms with Crippen LogP contribution in [0.2, 0.25) is 5.02 Å². The van der Waals surface area contributed by atoms with Gasteiger partial charge in [0.1, 0.15) is 17.4 Å². The Morgan fingerprint density at radius 3 is 2.50 bits per heavy atom. The van der Waals surface area contributed by atoms with Gasteiger partial charge < -0.3 is 15.4 Å². The smallest absolute Gasteiger partial charge is 0.255 e. The van der Waals surface area contributed by atoms with Crippen molar-refractivity contribution in [3.05, 3.63) is 77.2 Å². The van der Waals surface area contributed by atoms with Gasteiger partial charge in [0.05, 0.1) is 12.1 Å². The molecular formula is C19H15ClFN3O2. The van der Waals surface area contributed by atoms with Crippen LogP contribution in [0.15, 0.2) is 60.8 Å². The second-order valence-corrected chi connectivity index (χ2v) is 5.77. The number of pyridine rings is 1. The van der Waals surface area contributed by atoms with E-state index < -0.39 is 0 Å². The molecule has 0 unspecified atom stereocenters. The first-order valence-electron chi connectivity index (χ1n) is 7.69. The molecule has 1 aromatic heterocycles. The van der Waals surface area contributed by atoms with E-state index in [1.54, 1.807) is 37.4 Å². The molecule has 0 atom stereocenters. The van der Waals surface area contributed by atoms with Gasteiger partial charge in [-0.05, 0) is 54.6 Å². The average Bonchev–Trinajstić information content (AvgIpc) is 2.64. The highest BCUT2D eigenvalue weighted by Crippen LogP contribution is 2.28. The van der Waals surface area contributed by atoms with Gasteiger partial charge in [0, 0.05) is 23.1 Å². The summed E-state index contributed by atoms with van der Waals surface area (Å²) in [6.45, 7) is 0. The zero-order chi connectivity index (χ0) is 18.5. The first kappa shape index (κ1) is 17.7. The monoisotopic (exact) mass is 371 g/mol. The Hall–Kier alpha value is -3.12. The fourth-order valence-corrected chi connectivity index (χ4v) is 2.53. The fraction of sp³-hybridized carbons (Fsp3) is 0.0526. The van der Waals surface area contributed by atoms with Gasteiger partial charge in [0.15, 0.2) is 0 Å². The number of carbonyl (C=O) groups excluding carboxylic acids is 1. The topological polar surface area (TPSA) is 63.2 Å². The van der Waals surface area contributed by atoms with Crippen LogP contribution >= 0.6 is 11.6 Å². The van der Waals surface area contributed by atoms with E-state index in [-0.39, 0.29) is 11.7 Å². The molecule has 132 valence electrons. The van der Waals surface area contributed by atoms with E-state index in [4.69, 9.17) is 16.3 Å². The van der Waals surface area contributed by atoms with E-state index in [2.05, 4.69) is 15.6 Å². The van der Waals surface area contributed by atoms with E-state index in [0.717, 1.165) is 0 Å². The maximum atomic E-state index is 12.9. The van der Waals surface area contributed by atoms with E-state index in [1.165, 1.54) is 30.5 Å². The number of hydrogen-bond donors (Lipinski definition) is 2. The highest BCUT2D eigenvalue weighted by atomic mass is 35.5. The number of halogens is 2. The minimum absolute atomic E-state index is 0.324. The van der Waals surface area contributed by atoms with Gasteiger partial charge in [-0.3, -0.25) is 4.79 Å². The van der Waals surface area contributed by atoms with Gasteiger partial charge in [-0.25, -0.2) is 9.37 Å². The van der Waals surface area contributed by atoms with Crippen molar-refractivity contribution in [2.45, 2.75) is 0 Å². The zero-order valence-electron chi connectivity index (χ0n) is 13.8. The van der Waals surface area contributed by atoms with Gasteiger partial charge >= 0.3 is 0 Å². The molecule has 0 saturated heterocycles. The van der Waals surface area contributed by atoms with E-state index in [1.807, 2.05) is 0 Å². The number of amides is 1. The molecule has 3 rings (SSSR count). The first-order chi connectivity index (χ1) is 12.5. The summed E-state index contributed by atoms with van der Waals surface area (Å²) < 4.78 is 18.0. The van der Waals surface area contributed by atoms with Crippen molar-refractivity contribution in [2.24, 2.45) is 0 Å². The number of ether oxygens (including phenoxy) is 1. The largest absolute Gasteiger partial charge is 0.495 e. The number of nitrogens with one attached hydrogen (secondary N) is 2. The fourth-order valence-electron chi connectivity index (χ4n) is 2.27. The molecule has 0 radical (unpaired) electrons. The number of hydrogen-bond acceptors (Lipinski definition) is 4. The standard InChI is InChI=1S/C19H15ClFN3O2/c1-26-17-7-6-15(11-16(17)20)23-18-10-12(8-9-22-18)19(25)24-14-4-2-13(21)3-5-14/h2-11H,1H3,(H,22,23)(H,24,25). The lowest BCUT2D eigenvalue weighted by molar-refractivity contribution is 0.102. The maximum Gasteiger partial charge on any atom is 0.255 e. The number of rotatable bonds is 5. The van der Waals surface area contributed by atoms with Crippen molar-refractivity contribution in [3.8, 4) is 5.75 Å². The average molecular weight is 372 g/mol. The van der Waals surface area contributed by atoms with Crippen molar-refractivity contribution >= 4 is 34.7 Å². The maximum absolute atomic E-state index is 12.9. The lowest BCUT2D eigenvalue weighted by Crippen LogP contribution is -2.12. The van der Waals surface area contributed by atoms with Crippen molar-refractivity contribution in [2.75, 3.05) is 17.7 Å². The Labute approximate surface area is 154 Å². The van der Waals surface area contributed by atoms with E-state index in [9.17, 15) is 9.18 Å². The molecule has 0 fully saturated rings. The van der Waals surface area contributed by atoms with Crippen LogP contribution in [0.3, 0.4) is 0 Å². The molecule has 0 aliphatic carbocycles. The molecule has 0 saturated carbocycles. The third kappa shape index (κ3) is 4.29. The van der Waals surface area contributed by atoms with Crippen molar-refractivity contribution < 1.29 is 13.9 Å². The molecule has 0 spiro atoms. The Balaban J connectivity index is 1.74. The predicted molar refractivity (Wildman–Crippen MR) is 99.9 cm³/mol. The molecule has 0 aliphatic heterocycles. The van der Waals surface area contributed by atoms with Crippen molar-refractivity contribution in [1.82, 2.24) is 4.98 Å². The minimum Gasteiger partial charge on any atom is -0.495 e. The highest BCUT2D eigenvalue weighted by Gasteiger charge is 2.09. The Morgan fingerprint density at radius 1 is 1.08 bits per heavy atom. The summed E-state index contributed by atoms with van der Waals surface area (Å²) in [5, 5.41) is 6.24. The Morgan fingerprint density at radius 2 is 1.81 bits per heavy atom. The molecule has 5 nitrogen and oxygen atoms in total.